The van der Waals surface area contributed by atoms with E-state index in [1.54, 1.807) is 11.0 Å². The molecule has 0 spiro atoms. The molecular weight excluding hydrogens is 288 g/mol. The van der Waals surface area contributed by atoms with E-state index in [4.69, 9.17) is 14.3 Å². The van der Waals surface area contributed by atoms with Crippen LogP contribution in [0.15, 0.2) is 88.0 Å². The number of nitrogens with one attached hydrogen (secondary N) is 1. The zero-order chi connectivity index (χ0) is 15.6. The maximum atomic E-state index is 8.29. The van der Waals surface area contributed by atoms with E-state index >= 15 is 0 Å². The number of para-hydroxylation sites is 1. The molecule has 4 heteroatoms. The van der Waals surface area contributed by atoms with Crippen LogP contribution in [0.5, 0.6) is 0 Å². The van der Waals surface area contributed by atoms with Crippen molar-refractivity contribution in [2.24, 2.45) is 0 Å². The first-order valence-corrected chi connectivity index (χ1v) is 7.30. The van der Waals surface area contributed by atoms with Gasteiger partial charge in [0.05, 0.1) is 17.5 Å². The fraction of sp³-hybridized carbons (Fsp3) is 0. The largest absolute Gasteiger partial charge is 0.463 e. The Hall–Kier alpha value is -3.27. The zero-order valence-electron chi connectivity index (χ0n) is 12.3. The second-order valence-corrected chi connectivity index (χ2v) is 5.12. The molecule has 0 saturated carbocycles. The van der Waals surface area contributed by atoms with Gasteiger partial charge in [0.15, 0.2) is 5.76 Å². The minimum Gasteiger partial charge on any atom is -0.463 e. The van der Waals surface area contributed by atoms with Gasteiger partial charge in [-0.15, -0.1) is 0 Å². The summed E-state index contributed by atoms with van der Waals surface area (Å²) < 4.78 is 13.0. The molecule has 0 unspecified atom stereocenters. The average Bonchev–Trinajstić information content (AvgIpc) is 3.24. The summed E-state index contributed by atoms with van der Waals surface area (Å²) in [6, 6.07) is 23.1. The van der Waals surface area contributed by atoms with Crippen molar-refractivity contribution < 1.29 is 8.94 Å². The van der Waals surface area contributed by atoms with Gasteiger partial charge in [-0.1, -0.05) is 48.5 Å². The molecule has 0 amide bonds. The van der Waals surface area contributed by atoms with E-state index in [1.807, 2.05) is 72.8 Å². The van der Waals surface area contributed by atoms with Gasteiger partial charge in [0.2, 0.25) is 5.55 Å². The van der Waals surface area contributed by atoms with Gasteiger partial charge in [-0.2, -0.15) is 4.74 Å². The molecule has 0 radical (unpaired) electrons. The van der Waals surface area contributed by atoms with E-state index in [-0.39, 0.29) is 5.55 Å². The quantitative estimate of drug-likeness (QED) is 0.606. The highest BCUT2D eigenvalue weighted by Crippen LogP contribution is 2.32. The van der Waals surface area contributed by atoms with Gasteiger partial charge < -0.3 is 8.94 Å². The highest BCUT2D eigenvalue weighted by molar-refractivity contribution is 5.78. The van der Waals surface area contributed by atoms with E-state index in [9.17, 15) is 0 Å². The lowest BCUT2D eigenvalue weighted by Crippen LogP contribution is -1.97. The molecule has 4 nitrogen and oxygen atoms in total. The molecule has 1 N–H and O–H groups in total. The van der Waals surface area contributed by atoms with Gasteiger partial charge in [0.1, 0.15) is 5.69 Å². The molecule has 0 atom stereocenters. The molecule has 0 saturated heterocycles. The fourth-order valence-corrected chi connectivity index (χ4v) is 2.65. The van der Waals surface area contributed by atoms with Crippen molar-refractivity contribution in [2.75, 3.05) is 0 Å². The number of hydrogen-bond acceptors (Lipinski definition) is 3. The molecule has 2 heterocycles. The van der Waals surface area contributed by atoms with Crippen molar-refractivity contribution in [1.82, 2.24) is 4.74 Å². The van der Waals surface area contributed by atoms with Crippen molar-refractivity contribution in [3.05, 3.63) is 84.6 Å². The predicted octanol–water partition coefficient (Wildman–Crippen LogP) is 4.48. The Balaban J connectivity index is 2.05. The lowest BCUT2D eigenvalue weighted by molar-refractivity contribution is 0.313. The molecular formula is C19H14N2O2. The van der Waals surface area contributed by atoms with Gasteiger partial charge in [-0.25, -0.2) is 0 Å². The first kappa shape index (κ1) is 13.4. The van der Waals surface area contributed by atoms with E-state index in [1.165, 1.54) is 0 Å². The summed E-state index contributed by atoms with van der Waals surface area (Å²) in [5.74, 6) is 0.662. The summed E-state index contributed by atoms with van der Waals surface area (Å²) in [5, 5.41) is 8.29. The molecule has 23 heavy (non-hydrogen) atoms. The highest BCUT2D eigenvalue weighted by atomic mass is 16.5. The van der Waals surface area contributed by atoms with Crippen LogP contribution in [0.3, 0.4) is 0 Å². The number of furan rings is 1. The molecule has 112 valence electrons. The van der Waals surface area contributed by atoms with Crippen molar-refractivity contribution >= 4 is 0 Å². The number of benzene rings is 2. The summed E-state index contributed by atoms with van der Waals surface area (Å²) in [7, 11) is 0. The van der Waals surface area contributed by atoms with E-state index in [2.05, 4.69) is 0 Å². The van der Waals surface area contributed by atoms with Crippen LogP contribution < -0.4 is 5.55 Å². The maximum Gasteiger partial charge on any atom is 0.249 e. The van der Waals surface area contributed by atoms with Crippen molar-refractivity contribution in [2.45, 2.75) is 0 Å². The van der Waals surface area contributed by atoms with Crippen molar-refractivity contribution in [3.8, 4) is 28.3 Å². The zero-order valence-corrected chi connectivity index (χ0v) is 12.3. The number of aromatic nitrogens is 1. The van der Waals surface area contributed by atoms with Crippen LogP contribution in [-0.4, -0.2) is 4.74 Å². The van der Waals surface area contributed by atoms with Gasteiger partial charge in [-0.3, -0.25) is 5.41 Å². The van der Waals surface area contributed by atoms with Gasteiger partial charge >= 0.3 is 0 Å². The Labute approximate surface area is 132 Å². The van der Waals surface area contributed by atoms with Crippen molar-refractivity contribution in [3.63, 3.8) is 0 Å². The Bertz CT molecular complexity index is 965. The first-order chi connectivity index (χ1) is 11.3. The van der Waals surface area contributed by atoms with Crippen LogP contribution in [-0.2, 0) is 0 Å². The molecule has 4 rings (SSSR count). The van der Waals surface area contributed by atoms with Gasteiger partial charge in [-0.05, 0) is 29.8 Å². The fourth-order valence-electron chi connectivity index (χ4n) is 2.65. The van der Waals surface area contributed by atoms with E-state index in [0.717, 1.165) is 16.9 Å². The Morgan fingerprint density at radius 3 is 2.13 bits per heavy atom. The summed E-state index contributed by atoms with van der Waals surface area (Å²) >= 11 is 0. The van der Waals surface area contributed by atoms with Crippen LogP contribution in [0.25, 0.3) is 28.3 Å². The second-order valence-electron chi connectivity index (χ2n) is 5.12. The lowest BCUT2D eigenvalue weighted by atomic mass is 10.0. The normalized spacial score (nSPS) is 10.8. The third-order valence-electron chi connectivity index (χ3n) is 3.66. The molecule has 0 aliphatic rings. The second kappa shape index (κ2) is 5.50. The summed E-state index contributed by atoms with van der Waals surface area (Å²) in [6.45, 7) is 0. The van der Waals surface area contributed by atoms with Crippen LogP contribution >= 0.6 is 0 Å². The smallest absolute Gasteiger partial charge is 0.249 e. The van der Waals surface area contributed by atoms with Gasteiger partial charge in [0.25, 0.3) is 0 Å². The Kier molecular flexibility index (Phi) is 3.20. The van der Waals surface area contributed by atoms with Crippen LogP contribution in [0.1, 0.15) is 0 Å². The molecule has 2 aromatic carbocycles. The minimum absolute atomic E-state index is 0.103. The monoisotopic (exact) mass is 302 g/mol. The standard InChI is InChI=1S/C19H14N2O2/c20-19-17(14-8-3-1-4-9-14)18(16-12-7-13-22-16)21(23-19)15-10-5-2-6-11-15/h1-13,20H. The number of hydrogen-bond donors (Lipinski definition) is 1. The van der Waals surface area contributed by atoms with Crippen LogP contribution in [0.4, 0.5) is 0 Å². The third kappa shape index (κ3) is 2.30. The Morgan fingerprint density at radius 1 is 0.783 bits per heavy atom. The number of rotatable bonds is 3. The highest BCUT2D eigenvalue weighted by Gasteiger charge is 2.21. The SMILES string of the molecule is N=c1on(-c2ccccc2)c(-c2ccco2)c1-c1ccccc1. The summed E-state index contributed by atoms with van der Waals surface area (Å²) in [6.07, 6.45) is 1.62. The minimum atomic E-state index is 0.103. The molecule has 2 aromatic heterocycles. The van der Waals surface area contributed by atoms with E-state index in [0.29, 0.717) is 11.3 Å². The van der Waals surface area contributed by atoms with Gasteiger partial charge in [0, 0.05) is 0 Å². The first-order valence-electron chi connectivity index (χ1n) is 7.30. The Morgan fingerprint density at radius 2 is 1.48 bits per heavy atom. The summed E-state index contributed by atoms with van der Waals surface area (Å²) in [4.78, 5) is 0. The van der Waals surface area contributed by atoms with Crippen LogP contribution in [0.2, 0.25) is 0 Å². The molecule has 0 aliphatic heterocycles. The number of nitrogens with zero attached hydrogens (tertiary/aromatic N) is 1. The molecule has 0 fully saturated rings. The van der Waals surface area contributed by atoms with E-state index < -0.39 is 0 Å². The molecule has 0 aliphatic carbocycles. The maximum absolute atomic E-state index is 8.29. The van der Waals surface area contributed by atoms with Crippen molar-refractivity contribution in [1.29, 1.82) is 5.41 Å². The molecule has 0 bridgehead atoms. The summed E-state index contributed by atoms with van der Waals surface area (Å²) in [5.41, 5.74) is 3.31. The average molecular weight is 302 g/mol. The van der Waals surface area contributed by atoms with Crippen LogP contribution in [0, 0.1) is 5.41 Å². The topological polar surface area (TPSA) is 55.1 Å². The third-order valence-corrected chi connectivity index (χ3v) is 3.66. The molecule has 4 aromatic rings. The predicted molar refractivity (Wildman–Crippen MR) is 87.0 cm³/mol. The lowest BCUT2D eigenvalue weighted by Gasteiger charge is -2.06.